The lowest BCUT2D eigenvalue weighted by atomic mass is 9.42. The minimum absolute atomic E-state index is 0.0762. The topological polar surface area (TPSA) is 101 Å². The van der Waals surface area contributed by atoms with Crippen LogP contribution in [-0.2, 0) is 0 Å². The molecular formula is C38H29B2N7O2. The summed E-state index contributed by atoms with van der Waals surface area (Å²) in [6.45, 7) is 4.54. The molecule has 0 aliphatic carbocycles. The summed E-state index contributed by atoms with van der Waals surface area (Å²) < 4.78 is 14.1. The predicted molar refractivity (Wildman–Crippen MR) is 195 cm³/mol. The van der Waals surface area contributed by atoms with Crippen molar-refractivity contribution >= 4 is 57.1 Å². The van der Waals surface area contributed by atoms with Gasteiger partial charge in [0, 0.05) is 35.3 Å². The molecule has 0 spiro atoms. The summed E-state index contributed by atoms with van der Waals surface area (Å²) in [6, 6.07) is 40.7. The maximum absolute atomic E-state index is 6.03. The van der Waals surface area contributed by atoms with Crippen LogP contribution in [0.4, 0.5) is 0 Å². The maximum Gasteiger partial charge on any atom is 0.273 e. The normalized spacial score (nSPS) is 11.1. The molecular weight excluding hydrogens is 608 g/mol. The Hall–Kier alpha value is -6.35. The van der Waals surface area contributed by atoms with Crippen LogP contribution in [0.5, 0.6) is 23.3 Å². The summed E-state index contributed by atoms with van der Waals surface area (Å²) >= 11 is 0. The van der Waals surface area contributed by atoms with Crippen molar-refractivity contribution in [3.8, 4) is 29.2 Å². The van der Waals surface area contributed by atoms with E-state index in [4.69, 9.17) is 9.47 Å². The van der Waals surface area contributed by atoms with Crippen molar-refractivity contribution in [2.75, 3.05) is 0 Å². The summed E-state index contributed by atoms with van der Waals surface area (Å²) in [5.74, 6) is 3.01. The summed E-state index contributed by atoms with van der Waals surface area (Å²) in [6.07, 6.45) is 4.79. The van der Waals surface area contributed by atoms with E-state index in [2.05, 4.69) is 109 Å². The van der Waals surface area contributed by atoms with Crippen LogP contribution in [0.2, 0.25) is 13.6 Å². The number of hydrogen-bond donors (Lipinski definition) is 0. The third-order valence-electron chi connectivity index (χ3n) is 8.85. The Morgan fingerprint density at radius 1 is 0.510 bits per heavy atom. The Morgan fingerprint density at radius 3 is 1.47 bits per heavy atom. The fourth-order valence-electron chi connectivity index (χ4n) is 6.23. The van der Waals surface area contributed by atoms with Gasteiger partial charge in [0.1, 0.15) is 11.5 Å². The van der Waals surface area contributed by atoms with Gasteiger partial charge in [-0.15, -0.1) is 20.4 Å². The minimum atomic E-state index is 0.0762. The van der Waals surface area contributed by atoms with Gasteiger partial charge in [0.25, 0.3) is 5.95 Å². The molecule has 0 saturated heterocycles. The van der Waals surface area contributed by atoms with E-state index < -0.39 is 0 Å². The molecule has 0 saturated carbocycles. The number of benzene rings is 4. The molecule has 8 rings (SSSR count). The van der Waals surface area contributed by atoms with Crippen molar-refractivity contribution in [2.45, 2.75) is 13.6 Å². The lowest BCUT2D eigenvalue weighted by Gasteiger charge is -2.13. The van der Waals surface area contributed by atoms with Gasteiger partial charge >= 0.3 is 0 Å². The lowest BCUT2D eigenvalue weighted by Crippen LogP contribution is -2.39. The van der Waals surface area contributed by atoms with Gasteiger partial charge in [0.05, 0.1) is 11.0 Å². The van der Waals surface area contributed by atoms with Crippen molar-refractivity contribution in [2.24, 2.45) is 0 Å². The second-order valence-electron chi connectivity index (χ2n) is 11.9. The summed E-state index contributed by atoms with van der Waals surface area (Å²) in [7, 11) is 0. The lowest BCUT2D eigenvalue weighted by molar-refractivity contribution is 0.463. The van der Waals surface area contributed by atoms with Crippen molar-refractivity contribution in [3.63, 3.8) is 0 Å². The Kier molecular flexibility index (Phi) is 7.99. The van der Waals surface area contributed by atoms with Crippen molar-refractivity contribution in [1.29, 1.82) is 0 Å². The molecule has 9 nitrogen and oxygen atoms in total. The zero-order chi connectivity index (χ0) is 33.2. The average molecular weight is 637 g/mol. The first-order valence-corrected chi connectivity index (χ1v) is 16.1. The zero-order valence-electron chi connectivity index (χ0n) is 26.9. The number of fused-ring (bicyclic) bond motifs is 3. The number of pyridine rings is 2. The van der Waals surface area contributed by atoms with E-state index >= 15 is 0 Å². The van der Waals surface area contributed by atoms with Gasteiger partial charge < -0.3 is 9.47 Å². The predicted octanol–water partition coefficient (Wildman–Crippen LogP) is 5.22. The van der Waals surface area contributed by atoms with Crippen LogP contribution in [0.15, 0.2) is 140 Å². The van der Waals surface area contributed by atoms with Crippen LogP contribution < -0.4 is 31.3 Å². The highest BCUT2D eigenvalue weighted by atomic mass is 16.5. The van der Waals surface area contributed by atoms with E-state index in [1.807, 2.05) is 60.7 Å². The maximum atomic E-state index is 6.03. The Bertz CT molecular complexity index is 2250. The van der Waals surface area contributed by atoms with Gasteiger partial charge in [-0.1, -0.05) is 96.2 Å². The number of ether oxygens (including phenoxy) is 2. The molecule has 8 aromatic rings. The van der Waals surface area contributed by atoms with Gasteiger partial charge in [0.15, 0.2) is 6.33 Å². The molecule has 0 bridgehead atoms. The number of rotatable bonds is 9. The molecule has 4 aromatic heterocycles. The molecule has 0 fully saturated rings. The van der Waals surface area contributed by atoms with E-state index in [1.54, 1.807) is 12.4 Å². The SMILES string of the molecule is CB(c1cccc(Oc2ccccn2)c1)c1ccc2c3ccc(B(C)c4cccc(Oc5ccccn5)c4)cc3n(-c3nncnn3)c2c1. The molecule has 0 unspecified atom stereocenters. The second-order valence-corrected chi connectivity index (χ2v) is 11.9. The van der Waals surface area contributed by atoms with Crippen molar-refractivity contribution < 1.29 is 9.47 Å². The highest BCUT2D eigenvalue weighted by Crippen LogP contribution is 2.30. The summed E-state index contributed by atoms with van der Waals surface area (Å²) in [4.78, 5) is 8.60. The molecule has 0 aliphatic heterocycles. The van der Waals surface area contributed by atoms with Gasteiger partial charge in [-0.25, -0.2) is 9.97 Å². The van der Waals surface area contributed by atoms with E-state index in [9.17, 15) is 0 Å². The van der Waals surface area contributed by atoms with E-state index in [-0.39, 0.29) is 13.4 Å². The van der Waals surface area contributed by atoms with E-state index in [1.165, 1.54) is 6.33 Å². The number of hydrogen-bond acceptors (Lipinski definition) is 8. The molecule has 0 atom stereocenters. The van der Waals surface area contributed by atoms with Crippen LogP contribution in [0, 0.1) is 0 Å². The first-order valence-electron chi connectivity index (χ1n) is 16.1. The van der Waals surface area contributed by atoms with Gasteiger partial charge in [-0.05, 0) is 48.5 Å². The first-order chi connectivity index (χ1) is 24.1. The highest BCUT2D eigenvalue weighted by Gasteiger charge is 2.22. The molecule has 0 radical (unpaired) electrons. The molecule has 11 heteroatoms. The van der Waals surface area contributed by atoms with Crippen LogP contribution in [-0.4, -0.2) is 48.4 Å². The number of aromatic nitrogens is 7. The Morgan fingerprint density at radius 2 is 1.00 bits per heavy atom. The molecule has 0 N–H and O–H groups in total. The molecule has 4 heterocycles. The standard InChI is InChI=1S/C38H29B2N7O2/c1-39(26-9-7-11-30(21-26)48-36-13-3-5-19-41-36)28-15-17-32-33-18-16-29(24-35(33)47(34(32)23-28)38-45-43-25-44-46-38)40(2)27-10-8-12-31(22-27)49-37-14-4-6-20-42-37/h3-25H,1-2H3. The largest absolute Gasteiger partial charge is 0.439 e. The van der Waals surface area contributed by atoms with Crippen LogP contribution in [0.1, 0.15) is 0 Å². The van der Waals surface area contributed by atoms with E-state index in [0.29, 0.717) is 17.7 Å². The molecule has 234 valence electrons. The molecule has 49 heavy (non-hydrogen) atoms. The van der Waals surface area contributed by atoms with Crippen LogP contribution in [0.3, 0.4) is 0 Å². The smallest absolute Gasteiger partial charge is 0.273 e. The molecule has 0 aliphatic rings. The summed E-state index contributed by atoms with van der Waals surface area (Å²) in [5, 5.41) is 19.1. The van der Waals surface area contributed by atoms with Gasteiger partial charge in [0.2, 0.25) is 25.2 Å². The fourth-order valence-corrected chi connectivity index (χ4v) is 6.23. The fraction of sp³-hybridized carbons (Fsp3) is 0.0526. The van der Waals surface area contributed by atoms with E-state index in [0.717, 1.165) is 55.2 Å². The zero-order valence-corrected chi connectivity index (χ0v) is 26.9. The average Bonchev–Trinajstić information content (AvgIpc) is 3.48. The van der Waals surface area contributed by atoms with Crippen LogP contribution in [0.25, 0.3) is 27.8 Å². The van der Waals surface area contributed by atoms with Crippen LogP contribution >= 0.6 is 0 Å². The van der Waals surface area contributed by atoms with Crippen molar-refractivity contribution in [1.82, 2.24) is 34.9 Å². The minimum Gasteiger partial charge on any atom is -0.439 e. The number of nitrogens with zero attached hydrogens (tertiary/aromatic N) is 7. The molecule has 4 aromatic carbocycles. The Balaban J connectivity index is 1.17. The van der Waals surface area contributed by atoms with Gasteiger partial charge in [-0.2, -0.15) is 0 Å². The highest BCUT2D eigenvalue weighted by molar-refractivity contribution is 6.84. The second kappa shape index (κ2) is 13.0. The quantitative estimate of drug-likeness (QED) is 0.199. The molecule has 0 amide bonds. The first kappa shape index (κ1) is 30.0. The van der Waals surface area contributed by atoms with Crippen molar-refractivity contribution in [3.05, 3.63) is 140 Å². The monoisotopic (exact) mass is 637 g/mol. The summed E-state index contributed by atoms with van der Waals surface area (Å²) in [5.41, 5.74) is 6.49. The Labute approximate surface area is 283 Å². The van der Waals surface area contributed by atoms with Gasteiger partial charge in [-0.3, -0.25) is 4.57 Å². The third-order valence-corrected chi connectivity index (χ3v) is 8.85. The third kappa shape index (κ3) is 6.09.